The fourth-order valence-corrected chi connectivity index (χ4v) is 3.32. The smallest absolute Gasteiger partial charge is 0.283 e. The highest BCUT2D eigenvalue weighted by Gasteiger charge is 2.52. The number of rotatable bonds is 4. The summed E-state index contributed by atoms with van der Waals surface area (Å²) >= 11 is 5.77. The Hall–Kier alpha value is -2.74. The summed E-state index contributed by atoms with van der Waals surface area (Å²) in [4.78, 5) is 20.3. The number of pyridine rings is 1. The molecule has 0 spiro atoms. The van der Waals surface area contributed by atoms with Crippen molar-refractivity contribution >= 4 is 29.2 Å². The van der Waals surface area contributed by atoms with Gasteiger partial charge in [-0.2, -0.15) is 0 Å². The summed E-state index contributed by atoms with van der Waals surface area (Å²) in [5.74, 6) is -1.14. The molecule has 28 heavy (non-hydrogen) atoms. The quantitative estimate of drug-likeness (QED) is 0.804. The first-order valence-corrected chi connectivity index (χ1v) is 8.95. The number of carbonyl (C=O) groups is 1. The Bertz CT molecular complexity index is 907. The van der Waals surface area contributed by atoms with Crippen LogP contribution in [-0.4, -0.2) is 29.4 Å². The molecule has 0 bridgehead atoms. The minimum absolute atomic E-state index is 0.147. The Morgan fingerprint density at radius 1 is 1.32 bits per heavy atom. The summed E-state index contributed by atoms with van der Waals surface area (Å²) in [6.45, 7) is 3.30. The largest absolute Gasteiger partial charge is 0.462 e. The van der Waals surface area contributed by atoms with E-state index in [0.29, 0.717) is 10.7 Å². The fraction of sp³-hybridized carbons (Fsp3) is 0.316. The van der Waals surface area contributed by atoms with Crippen molar-refractivity contribution in [1.82, 2.24) is 4.98 Å². The lowest BCUT2D eigenvalue weighted by atomic mass is 9.76. The van der Waals surface area contributed by atoms with Crippen molar-refractivity contribution in [2.75, 3.05) is 5.32 Å². The van der Waals surface area contributed by atoms with Gasteiger partial charge in [0.2, 0.25) is 0 Å². The van der Waals surface area contributed by atoms with Gasteiger partial charge in [-0.15, -0.1) is 0 Å². The number of nitrogens with two attached hydrogens (primary N) is 1. The number of anilines is 1. The van der Waals surface area contributed by atoms with E-state index < -0.39 is 29.9 Å². The van der Waals surface area contributed by atoms with Crippen LogP contribution in [0.15, 0.2) is 47.6 Å². The number of amidine groups is 1. The zero-order valence-corrected chi connectivity index (χ0v) is 16.0. The molecule has 0 saturated carbocycles. The number of hydrogen-bond donors (Lipinski definition) is 2. The molecule has 0 radical (unpaired) electrons. The second-order valence-electron chi connectivity index (χ2n) is 6.58. The third-order valence-corrected chi connectivity index (χ3v) is 5.10. The average molecular weight is 409 g/mol. The van der Waals surface area contributed by atoms with Gasteiger partial charge in [0.25, 0.3) is 18.4 Å². The van der Waals surface area contributed by atoms with Gasteiger partial charge in [-0.1, -0.05) is 30.7 Å². The number of amides is 1. The van der Waals surface area contributed by atoms with Crippen molar-refractivity contribution < 1.29 is 18.3 Å². The van der Waals surface area contributed by atoms with Crippen LogP contribution in [0.4, 0.5) is 14.5 Å². The van der Waals surface area contributed by atoms with Crippen LogP contribution in [0.1, 0.15) is 29.9 Å². The first-order valence-electron chi connectivity index (χ1n) is 8.57. The predicted octanol–water partition coefficient (Wildman–Crippen LogP) is 3.82. The van der Waals surface area contributed by atoms with Gasteiger partial charge in [0.1, 0.15) is 11.8 Å². The van der Waals surface area contributed by atoms with Crippen LogP contribution in [0, 0.1) is 5.92 Å². The van der Waals surface area contributed by atoms with E-state index in [-0.39, 0.29) is 17.3 Å². The maximum absolute atomic E-state index is 14.2. The van der Waals surface area contributed by atoms with Gasteiger partial charge in [0.05, 0.1) is 5.02 Å². The van der Waals surface area contributed by atoms with Gasteiger partial charge in [-0.25, -0.2) is 18.8 Å². The Balaban J connectivity index is 1.96. The average Bonchev–Trinajstić information content (AvgIpc) is 2.65. The first-order chi connectivity index (χ1) is 13.2. The normalized spacial score (nSPS) is 24.4. The molecule has 2 aromatic rings. The molecule has 1 amide bonds. The minimum atomic E-state index is -2.82. The summed E-state index contributed by atoms with van der Waals surface area (Å²) < 4.78 is 33.7. The van der Waals surface area contributed by atoms with E-state index in [9.17, 15) is 13.6 Å². The maximum atomic E-state index is 14.2. The molecule has 0 fully saturated rings. The molecule has 3 N–H and O–H groups in total. The standard InChI is InChI=1S/C19H19ClF2N4O2/c1-10-11(2)28-18(23)26-19(10,17(21)22)12-4-3-5-14(8-12)25-16(27)15-7-6-13(20)9-24-15/h3-11,17H,1-2H3,(H2,23,26)(H,25,27)/t10-,11?,19-/m1/s1. The van der Waals surface area contributed by atoms with E-state index in [1.165, 1.54) is 30.5 Å². The monoisotopic (exact) mass is 408 g/mol. The Kier molecular flexibility index (Phi) is 5.51. The molecule has 148 valence electrons. The van der Waals surface area contributed by atoms with Gasteiger partial charge in [0.15, 0.2) is 5.54 Å². The molecule has 0 aliphatic carbocycles. The molecule has 1 unspecified atom stereocenters. The second-order valence-corrected chi connectivity index (χ2v) is 7.02. The van der Waals surface area contributed by atoms with E-state index in [1.807, 2.05) is 0 Å². The highest BCUT2D eigenvalue weighted by Crippen LogP contribution is 2.44. The number of alkyl halides is 2. The van der Waals surface area contributed by atoms with Gasteiger partial charge in [-0.05, 0) is 36.8 Å². The number of benzene rings is 1. The molecule has 3 rings (SSSR count). The third kappa shape index (κ3) is 3.64. The van der Waals surface area contributed by atoms with Crippen molar-refractivity contribution in [3.05, 3.63) is 58.9 Å². The van der Waals surface area contributed by atoms with E-state index in [0.717, 1.165) is 0 Å². The van der Waals surface area contributed by atoms with Crippen LogP contribution in [0.5, 0.6) is 0 Å². The van der Waals surface area contributed by atoms with E-state index in [1.54, 1.807) is 26.0 Å². The molecule has 1 aromatic carbocycles. The van der Waals surface area contributed by atoms with E-state index in [4.69, 9.17) is 22.1 Å². The van der Waals surface area contributed by atoms with Crippen molar-refractivity contribution in [2.24, 2.45) is 16.6 Å². The number of nitrogens with one attached hydrogen (secondary N) is 1. The molecular weight excluding hydrogens is 390 g/mol. The number of nitrogens with zero attached hydrogens (tertiary/aromatic N) is 2. The predicted molar refractivity (Wildman–Crippen MR) is 103 cm³/mol. The van der Waals surface area contributed by atoms with Gasteiger partial charge in [-0.3, -0.25) is 4.79 Å². The highest BCUT2D eigenvalue weighted by molar-refractivity contribution is 6.30. The number of carbonyl (C=O) groups excluding carboxylic acids is 1. The SMILES string of the molecule is CC1OC(N)=N[C@](c2cccc(NC(=O)c3ccc(Cl)cn3)c2)(C(F)F)[C@@H]1C. The summed E-state index contributed by atoms with van der Waals surface area (Å²) in [6.07, 6.45) is -2.03. The van der Waals surface area contributed by atoms with Crippen molar-refractivity contribution in [3.63, 3.8) is 0 Å². The Morgan fingerprint density at radius 2 is 2.07 bits per heavy atom. The topological polar surface area (TPSA) is 89.6 Å². The van der Waals surface area contributed by atoms with E-state index >= 15 is 0 Å². The van der Waals surface area contributed by atoms with Crippen molar-refractivity contribution in [2.45, 2.75) is 31.9 Å². The molecule has 0 saturated heterocycles. The van der Waals surface area contributed by atoms with E-state index in [2.05, 4.69) is 15.3 Å². The van der Waals surface area contributed by atoms with Crippen LogP contribution in [-0.2, 0) is 10.3 Å². The lowest BCUT2D eigenvalue weighted by Crippen LogP contribution is -2.50. The Labute approximate surface area is 165 Å². The maximum Gasteiger partial charge on any atom is 0.283 e. The van der Waals surface area contributed by atoms with Crippen LogP contribution in [0.3, 0.4) is 0 Å². The number of halogens is 3. The van der Waals surface area contributed by atoms with Crippen molar-refractivity contribution in [3.8, 4) is 0 Å². The Morgan fingerprint density at radius 3 is 2.71 bits per heavy atom. The highest BCUT2D eigenvalue weighted by atomic mass is 35.5. The van der Waals surface area contributed by atoms with Crippen LogP contribution in [0.2, 0.25) is 5.02 Å². The van der Waals surface area contributed by atoms with Gasteiger partial charge < -0.3 is 15.8 Å². The molecular formula is C19H19ClF2N4O2. The molecule has 3 atom stereocenters. The zero-order chi connectivity index (χ0) is 20.5. The number of aromatic nitrogens is 1. The van der Waals surface area contributed by atoms with Crippen LogP contribution in [0.25, 0.3) is 0 Å². The molecule has 1 aromatic heterocycles. The summed E-state index contributed by atoms with van der Waals surface area (Å²) in [7, 11) is 0. The summed E-state index contributed by atoms with van der Waals surface area (Å²) in [5, 5.41) is 3.05. The number of ether oxygens (including phenoxy) is 1. The molecule has 6 nitrogen and oxygen atoms in total. The molecule has 9 heteroatoms. The van der Waals surface area contributed by atoms with Gasteiger partial charge in [0, 0.05) is 17.8 Å². The number of hydrogen-bond acceptors (Lipinski definition) is 5. The fourth-order valence-electron chi connectivity index (χ4n) is 3.21. The van der Waals surface area contributed by atoms with Crippen LogP contribution >= 0.6 is 11.6 Å². The first kappa shape index (κ1) is 20.0. The molecule has 2 heterocycles. The summed E-state index contributed by atoms with van der Waals surface area (Å²) in [5.41, 5.74) is 4.49. The lowest BCUT2D eigenvalue weighted by Gasteiger charge is -2.41. The minimum Gasteiger partial charge on any atom is -0.462 e. The molecule has 1 aliphatic heterocycles. The second kappa shape index (κ2) is 7.71. The number of aliphatic imine (C=N–C) groups is 1. The summed E-state index contributed by atoms with van der Waals surface area (Å²) in [6, 6.07) is 8.88. The van der Waals surface area contributed by atoms with Gasteiger partial charge >= 0.3 is 0 Å². The molecule has 1 aliphatic rings. The lowest BCUT2D eigenvalue weighted by molar-refractivity contribution is -0.0347. The van der Waals surface area contributed by atoms with Crippen LogP contribution < -0.4 is 11.1 Å². The van der Waals surface area contributed by atoms with Crippen molar-refractivity contribution in [1.29, 1.82) is 0 Å². The third-order valence-electron chi connectivity index (χ3n) is 4.88. The zero-order valence-electron chi connectivity index (χ0n) is 15.2.